The van der Waals surface area contributed by atoms with Gasteiger partial charge in [-0.25, -0.2) is 0 Å². The largest absolute Gasteiger partial charge is 0.369 e. The van der Waals surface area contributed by atoms with Gasteiger partial charge in [0.1, 0.15) is 0 Å². The third-order valence-electron chi connectivity index (χ3n) is 3.20. The predicted octanol–water partition coefficient (Wildman–Crippen LogP) is 3.58. The highest BCUT2D eigenvalue weighted by Gasteiger charge is 2.07. The summed E-state index contributed by atoms with van der Waals surface area (Å²) in [6.07, 6.45) is 0.940. The van der Waals surface area contributed by atoms with Gasteiger partial charge in [-0.2, -0.15) is 0 Å². The standard InChI is InChI=1S/C16H22N2S/c1-12-9-14(10-13(2)17)6-7-16(12)18(3)11-15-5-4-8-19-15/h4-9,13H,10-11,17H2,1-3H3. The van der Waals surface area contributed by atoms with E-state index in [9.17, 15) is 0 Å². The van der Waals surface area contributed by atoms with Gasteiger partial charge in [0, 0.05) is 23.7 Å². The number of aryl methyl sites for hydroxylation is 1. The van der Waals surface area contributed by atoms with Crippen molar-refractivity contribution in [3.8, 4) is 0 Å². The van der Waals surface area contributed by atoms with Crippen LogP contribution in [0.1, 0.15) is 22.9 Å². The first-order valence-electron chi connectivity index (χ1n) is 6.65. The summed E-state index contributed by atoms with van der Waals surface area (Å²) in [4.78, 5) is 3.69. The fraction of sp³-hybridized carbons (Fsp3) is 0.375. The predicted molar refractivity (Wildman–Crippen MR) is 85.0 cm³/mol. The highest BCUT2D eigenvalue weighted by atomic mass is 32.1. The molecule has 0 spiro atoms. The van der Waals surface area contributed by atoms with Crippen LogP contribution in [0.15, 0.2) is 35.7 Å². The first-order chi connectivity index (χ1) is 9.06. The molecule has 2 rings (SSSR count). The Balaban J connectivity index is 2.11. The van der Waals surface area contributed by atoms with Crippen molar-refractivity contribution in [3.05, 3.63) is 51.7 Å². The van der Waals surface area contributed by atoms with Crippen molar-refractivity contribution in [1.82, 2.24) is 0 Å². The highest BCUT2D eigenvalue weighted by molar-refractivity contribution is 7.09. The van der Waals surface area contributed by atoms with E-state index in [2.05, 4.69) is 54.6 Å². The molecule has 0 saturated heterocycles. The molecule has 0 fully saturated rings. The second kappa shape index (κ2) is 6.22. The van der Waals surface area contributed by atoms with E-state index in [1.807, 2.05) is 6.92 Å². The van der Waals surface area contributed by atoms with Crippen LogP contribution in [-0.2, 0) is 13.0 Å². The normalized spacial score (nSPS) is 12.4. The molecule has 0 aliphatic carbocycles. The molecule has 1 atom stereocenters. The number of nitrogens with two attached hydrogens (primary N) is 1. The zero-order valence-corrected chi connectivity index (χ0v) is 12.7. The second-order valence-corrected chi connectivity index (χ2v) is 6.27. The van der Waals surface area contributed by atoms with E-state index in [0.717, 1.165) is 13.0 Å². The molecule has 0 radical (unpaired) electrons. The molecule has 102 valence electrons. The Morgan fingerprint density at radius 3 is 2.68 bits per heavy atom. The van der Waals surface area contributed by atoms with Gasteiger partial charge in [0.2, 0.25) is 0 Å². The van der Waals surface area contributed by atoms with Crippen molar-refractivity contribution in [2.24, 2.45) is 5.73 Å². The van der Waals surface area contributed by atoms with Gasteiger partial charge in [-0.1, -0.05) is 18.2 Å². The average molecular weight is 274 g/mol. The zero-order chi connectivity index (χ0) is 13.8. The van der Waals surface area contributed by atoms with E-state index in [-0.39, 0.29) is 6.04 Å². The minimum Gasteiger partial charge on any atom is -0.369 e. The first kappa shape index (κ1) is 14.1. The molecule has 3 heteroatoms. The smallest absolute Gasteiger partial charge is 0.0519 e. The zero-order valence-electron chi connectivity index (χ0n) is 11.9. The molecular weight excluding hydrogens is 252 g/mol. The van der Waals surface area contributed by atoms with E-state index < -0.39 is 0 Å². The molecule has 1 unspecified atom stereocenters. The number of hydrogen-bond donors (Lipinski definition) is 1. The molecule has 0 bridgehead atoms. The van der Waals surface area contributed by atoms with Gasteiger partial charge in [-0.15, -0.1) is 11.3 Å². The van der Waals surface area contributed by atoms with Gasteiger partial charge in [-0.05, 0) is 48.9 Å². The molecular formula is C16H22N2S. The Morgan fingerprint density at radius 2 is 2.11 bits per heavy atom. The lowest BCUT2D eigenvalue weighted by Gasteiger charge is -2.21. The van der Waals surface area contributed by atoms with E-state index >= 15 is 0 Å². The monoisotopic (exact) mass is 274 g/mol. The lowest BCUT2D eigenvalue weighted by Crippen LogP contribution is -2.19. The number of rotatable bonds is 5. The van der Waals surface area contributed by atoms with Crippen LogP contribution in [-0.4, -0.2) is 13.1 Å². The Morgan fingerprint density at radius 1 is 1.32 bits per heavy atom. The van der Waals surface area contributed by atoms with Crippen molar-refractivity contribution < 1.29 is 0 Å². The molecule has 2 nitrogen and oxygen atoms in total. The Labute approximate surface area is 119 Å². The molecule has 1 heterocycles. The second-order valence-electron chi connectivity index (χ2n) is 5.24. The molecule has 0 aliphatic heterocycles. The van der Waals surface area contributed by atoms with Gasteiger partial charge in [0.05, 0.1) is 6.54 Å². The molecule has 0 saturated carbocycles. The highest BCUT2D eigenvalue weighted by Crippen LogP contribution is 2.23. The Bertz CT molecular complexity index is 518. The lowest BCUT2D eigenvalue weighted by atomic mass is 10.0. The van der Waals surface area contributed by atoms with Crippen LogP contribution in [0, 0.1) is 6.92 Å². The molecule has 1 aromatic carbocycles. The van der Waals surface area contributed by atoms with E-state index in [1.165, 1.54) is 21.7 Å². The van der Waals surface area contributed by atoms with Crippen molar-refractivity contribution in [2.75, 3.05) is 11.9 Å². The van der Waals surface area contributed by atoms with Gasteiger partial charge in [0.25, 0.3) is 0 Å². The van der Waals surface area contributed by atoms with Crippen LogP contribution in [0.5, 0.6) is 0 Å². The number of anilines is 1. The van der Waals surface area contributed by atoms with Crippen LogP contribution >= 0.6 is 11.3 Å². The van der Waals surface area contributed by atoms with Crippen LogP contribution in [0.25, 0.3) is 0 Å². The fourth-order valence-electron chi connectivity index (χ4n) is 2.37. The molecule has 1 aromatic heterocycles. The van der Waals surface area contributed by atoms with Gasteiger partial charge < -0.3 is 10.6 Å². The van der Waals surface area contributed by atoms with Gasteiger partial charge >= 0.3 is 0 Å². The van der Waals surface area contributed by atoms with Crippen LogP contribution < -0.4 is 10.6 Å². The Kier molecular flexibility index (Phi) is 4.61. The van der Waals surface area contributed by atoms with E-state index in [0.29, 0.717) is 0 Å². The van der Waals surface area contributed by atoms with E-state index in [4.69, 9.17) is 5.73 Å². The molecule has 0 aliphatic rings. The summed E-state index contributed by atoms with van der Waals surface area (Å²) >= 11 is 1.81. The Hall–Kier alpha value is -1.32. The third kappa shape index (κ3) is 3.82. The third-order valence-corrected chi connectivity index (χ3v) is 4.06. The summed E-state index contributed by atoms with van der Waals surface area (Å²) in [5, 5.41) is 2.13. The van der Waals surface area contributed by atoms with Crippen LogP contribution in [0.3, 0.4) is 0 Å². The van der Waals surface area contributed by atoms with Crippen LogP contribution in [0.4, 0.5) is 5.69 Å². The lowest BCUT2D eigenvalue weighted by molar-refractivity contribution is 0.737. The van der Waals surface area contributed by atoms with Gasteiger partial charge in [-0.3, -0.25) is 0 Å². The summed E-state index contributed by atoms with van der Waals surface area (Å²) in [6, 6.07) is 11.2. The summed E-state index contributed by atoms with van der Waals surface area (Å²) < 4.78 is 0. The molecule has 19 heavy (non-hydrogen) atoms. The number of nitrogens with zero attached hydrogens (tertiary/aromatic N) is 1. The van der Waals surface area contributed by atoms with E-state index in [1.54, 1.807) is 11.3 Å². The maximum Gasteiger partial charge on any atom is 0.0519 e. The average Bonchev–Trinajstić information content (AvgIpc) is 2.80. The quantitative estimate of drug-likeness (QED) is 0.903. The SMILES string of the molecule is Cc1cc(CC(C)N)ccc1N(C)Cc1cccs1. The molecule has 2 aromatic rings. The summed E-state index contributed by atoms with van der Waals surface area (Å²) in [5.41, 5.74) is 9.78. The topological polar surface area (TPSA) is 29.3 Å². The first-order valence-corrected chi connectivity index (χ1v) is 7.53. The number of benzene rings is 1. The summed E-state index contributed by atoms with van der Waals surface area (Å²) in [6.45, 7) is 5.18. The van der Waals surface area contributed by atoms with Gasteiger partial charge in [0.15, 0.2) is 0 Å². The van der Waals surface area contributed by atoms with Crippen LogP contribution in [0.2, 0.25) is 0 Å². The van der Waals surface area contributed by atoms with Crippen molar-refractivity contribution >= 4 is 17.0 Å². The maximum atomic E-state index is 5.85. The van der Waals surface area contributed by atoms with Crippen molar-refractivity contribution in [3.63, 3.8) is 0 Å². The summed E-state index contributed by atoms with van der Waals surface area (Å²) in [7, 11) is 2.15. The molecule has 2 N–H and O–H groups in total. The minimum absolute atomic E-state index is 0.217. The fourth-order valence-corrected chi connectivity index (χ4v) is 3.12. The number of hydrogen-bond acceptors (Lipinski definition) is 3. The van der Waals surface area contributed by atoms with Crippen molar-refractivity contribution in [1.29, 1.82) is 0 Å². The maximum absolute atomic E-state index is 5.85. The van der Waals surface area contributed by atoms with Crippen molar-refractivity contribution in [2.45, 2.75) is 32.9 Å². The summed E-state index contributed by atoms with van der Waals surface area (Å²) in [5.74, 6) is 0. The molecule has 0 amide bonds. The minimum atomic E-state index is 0.217. The number of thiophene rings is 1.